The molecular formula is C9H19N3O. The van der Waals surface area contributed by atoms with E-state index in [2.05, 4.69) is 24.0 Å². The summed E-state index contributed by atoms with van der Waals surface area (Å²) in [5.41, 5.74) is 5.40. The van der Waals surface area contributed by atoms with Gasteiger partial charge in [0, 0.05) is 18.5 Å². The first-order valence-corrected chi connectivity index (χ1v) is 4.49. The van der Waals surface area contributed by atoms with Crippen molar-refractivity contribution in [1.82, 2.24) is 5.32 Å². The van der Waals surface area contributed by atoms with Crippen molar-refractivity contribution in [2.24, 2.45) is 10.9 Å². The van der Waals surface area contributed by atoms with E-state index >= 15 is 0 Å². The molecule has 0 aromatic rings. The van der Waals surface area contributed by atoms with Gasteiger partial charge in [-0.05, 0) is 13.3 Å². The Hall–Kier alpha value is -1.03. The number of oxime groups is 1. The molecule has 0 aliphatic carbocycles. The van der Waals surface area contributed by atoms with Gasteiger partial charge in [-0.15, -0.1) is 6.58 Å². The average Bonchev–Trinajstić information content (AvgIpc) is 2.16. The van der Waals surface area contributed by atoms with E-state index in [-0.39, 0.29) is 17.9 Å². The first-order valence-electron chi connectivity index (χ1n) is 4.49. The van der Waals surface area contributed by atoms with Gasteiger partial charge in [0.2, 0.25) is 0 Å². The maximum Gasteiger partial charge on any atom is 0.140 e. The first kappa shape index (κ1) is 12.0. The van der Waals surface area contributed by atoms with Crippen LogP contribution in [0.2, 0.25) is 0 Å². The molecule has 4 nitrogen and oxygen atoms in total. The third kappa shape index (κ3) is 5.25. The second-order valence-corrected chi connectivity index (χ2v) is 3.09. The number of nitrogens with one attached hydrogen (secondary N) is 1. The van der Waals surface area contributed by atoms with Crippen LogP contribution >= 0.6 is 0 Å². The van der Waals surface area contributed by atoms with Gasteiger partial charge in [0.25, 0.3) is 0 Å². The summed E-state index contributed by atoms with van der Waals surface area (Å²) in [5, 5.41) is 14.6. The third-order valence-corrected chi connectivity index (χ3v) is 1.93. The summed E-state index contributed by atoms with van der Waals surface area (Å²) in [5.74, 6) is 0.260. The van der Waals surface area contributed by atoms with E-state index < -0.39 is 0 Å². The lowest BCUT2D eigenvalue weighted by Gasteiger charge is -2.19. The summed E-state index contributed by atoms with van der Waals surface area (Å²) in [6, 6.07) is 0.486. The van der Waals surface area contributed by atoms with Crippen molar-refractivity contribution in [3.63, 3.8) is 0 Å². The zero-order valence-electron chi connectivity index (χ0n) is 8.33. The Morgan fingerprint density at radius 3 is 2.77 bits per heavy atom. The Morgan fingerprint density at radius 1 is 1.77 bits per heavy atom. The lowest BCUT2D eigenvalue weighted by atomic mass is 10.1. The molecule has 0 aliphatic heterocycles. The van der Waals surface area contributed by atoms with Crippen molar-refractivity contribution in [1.29, 1.82) is 0 Å². The van der Waals surface area contributed by atoms with Crippen LogP contribution in [0.1, 0.15) is 26.7 Å². The number of nitrogens with zero attached hydrogens (tertiary/aromatic N) is 1. The van der Waals surface area contributed by atoms with Crippen LogP contribution in [0.5, 0.6) is 0 Å². The molecule has 0 spiro atoms. The van der Waals surface area contributed by atoms with Crippen molar-refractivity contribution in [3.05, 3.63) is 12.7 Å². The maximum absolute atomic E-state index is 8.39. The molecule has 0 rings (SSSR count). The van der Waals surface area contributed by atoms with Gasteiger partial charge in [-0.1, -0.05) is 18.2 Å². The van der Waals surface area contributed by atoms with Crippen LogP contribution in [-0.2, 0) is 0 Å². The van der Waals surface area contributed by atoms with Crippen molar-refractivity contribution >= 4 is 5.84 Å². The van der Waals surface area contributed by atoms with Crippen LogP contribution in [0.15, 0.2) is 17.8 Å². The van der Waals surface area contributed by atoms with E-state index in [9.17, 15) is 0 Å². The molecule has 76 valence electrons. The topological polar surface area (TPSA) is 70.6 Å². The summed E-state index contributed by atoms with van der Waals surface area (Å²) in [7, 11) is 0. The van der Waals surface area contributed by atoms with E-state index in [4.69, 9.17) is 10.9 Å². The van der Waals surface area contributed by atoms with Crippen LogP contribution in [0.4, 0.5) is 0 Å². The van der Waals surface area contributed by atoms with E-state index in [0.29, 0.717) is 6.42 Å². The highest BCUT2D eigenvalue weighted by Gasteiger charge is 2.09. The number of nitrogens with two attached hydrogens (primary N) is 1. The second kappa shape index (κ2) is 6.48. The zero-order chi connectivity index (χ0) is 10.3. The number of amidine groups is 1. The lowest BCUT2D eigenvalue weighted by Crippen LogP contribution is -2.37. The Bertz CT molecular complexity index is 180. The molecule has 0 aromatic carbocycles. The first-order chi connectivity index (χ1) is 6.13. The molecule has 2 unspecified atom stereocenters. The smallest absolute Gasteiger partial charge is 0.140 e. The van der Waals surface area contributed by atoms with Gasteiger partial charge in [0.05, 0.1) is 0 Å². The molecule has 13 heavy (non-hydrogen) atoms. The monoisotopic (exact) mass is 185 g/mol. The van der Waals surface area contributed by atoms with Crippen LogP contribution in [-0.4, -0.2) is 23.1 Å². The minimum absolute atomic E-state index is 0.240. The molecule has 0 bridgehead atoms. The fraction of sp³-hybridized carbons (Fsp3) is 0.667. The van der Waals surface area contributed by atoms with E-state index in [1.54, 1.807) is 0 Å². The Labute approximate surface area is 79.5 Å². The van der Waals surface area contributed by atoms with Gasteiger partial charge in [-0.2, -0.15) is 0 Å². The predicted octanol–water partition coefficient (Wildman–Crippen LogP) is 1.07. The summed E-state index contributed by atoms with van der Waals surface area (Å²) < 4.78 is 0. The number of hydrogen-bond donors (Lipinski definition) is 3. The van der Waals surface area contributed by atoms with Crippen LogP contribution in [0.3, 0.4) is 0 Å². The Morgan fingerprint density at radius 2 is 2.38 bits per heavy atom. The summed E-state index contributed by atoms with van der Waals surface area (Å²) >= 11 is 0. The molecule has 0 amide bonds. The normalized spacial score (nSPS) is 16.6. The van der Waals surface area contributed by atoms with E-state index in [0.717, 1.165) is 6.42 Å². The Kier molecular flexibility index (Phi) is 5.97. The van der Waals surface area contributed by atoms with Crippen molar-refractivity contribution < 1.29 is 5.21 Å². The van der Waals surface area contributed by atoms with Crippen molar-refractivity contribution in [2.45, 2.75) is 38.8 Å². The van der Waals surface area contributed by atoms with Crippen molar-refractivity contribution in [2.75, 3.05) is 0 Å². The molecule has 0 aliphatic rings. The van der Waals surface area contributed by atoms with Crippen LogP contribution < -0.4 is 11.1 Å². The molecule has 0 heterocycles. The highest BCUT2D eigenvalue weighted by molar-refractivity contribution is 5.80. The van der Waals surface area contributed by atoms with Gasteiger partial charge in [0.1, 0.15) is 5.84 Å². The van der Waals surface area contributed by atoms with Gasteiger partial charge in [-0.25, -0.2) is 0 Å². The molecule has 0 saturated carbocycles. The van der Waals surface area contributed by atoms with Crippen molar-refractivity contribution in [3.8, 4) is 0 Å². The fourth-order valence-electron chi connectivity index (χ4n) is 1.05. The molecule has 4 N–H and O–H groups in total. The molecule has 0 saturated heterocycles. The fourth-order valence-corrected chi connectivity index (χ4v) is 1.05. The highest BCUT2D eigenvalue weighted by Crippen LogP contribution is 1.99. The number of hydrogen-bond acceptors (Lipinski definition) is 3. The van der Waals surface area contributed by atoms with Crippen LogP contribution in [0, 0.1) is 0 Å². The number of rotatable bonds is 6. The van der Waals surface area contributed by atoms with Crippen LogP contribution in [0.25, 0.3) is 0 Å². The molecular weight excluding hydrogens is 166 g/mol. The van der Waals surface area contributed by atoms with E-state index in [1.807, 2.05) is 13.0 Å². The van der Waals surface area contributed by atoms with Gasteiger partial charge < -0.3 is 16.3 Å². The molecule has 2 atom stereocenters. The minimum atomic E-state index is 0.240. The second-order valence-electron chi connectivity index (χ2n) is 3.09. The average molecular weight is 185 g/mol. The lowest BCUT2D eigenvalue weighted by molar-refractivity contribution is 0.315. The minimum Gasteiger partial charge on any atom is -0.409 e. The van der Waals surface area contributed by atoms with Gasteiger partial charge in [-0.3, -0.25) is 0 Å². The summed E-state index contributed by atoms with van der Waals surface area (Å²) in [4.78, 5) is 0. The highest BCUT2D eigenvalue weighted by atomic mass is 16.4. The molecule has 0 radical (unpaired) electrons. The standard InChI is InChI=1S/C9H19N3O/c1-4-7(3)11-8(5-2)6-9(10)12-13/h4,7-8,11,13H,1,5-6H2,2-3H3,(H2,10,12). The quantitative estimate of drug-likeness (QED) is 0.190. The largest absolute Gasteiger partial charge is 0.409 e. The molecule has 4 heteroatoms. The SMILES string of the molecule is C=CC(C)NC(CC)C/C(N)=N/O. The maximum atomic E-state index is 8.39. The van der Waals surface area contributed by atoms with Gasteiger partial charge in [0.15, 0.2) is 0 Å². The Balaban J connectivity index is 3.96. The van der Waals surface area contributed by atoms with E-state index in [1.165, 1.54) is 0 Å². The summed E-state index contributed by atoms with van der Waals surface area (Å²) in [6.45, 7) is 7.74. The predicted molar refractivity (Wildman–Crippen MR) is 54.9 cm³/mol. The molecule has 0 aromatic heterocycles. The summed E-state index contributed by atoms with van der Waals surface area (Å²) in [6.07, 6.45) is 3.33. The van der Waals surface area contributed by atoms with Gasteiger partial charge >= 0.3 is 0 Å². The molecule has 0 fully saturated rings. The zero-order valence-corrected chi connectivity index (χ0v) is 8.33. The third-order valence-electron chi connectivity index (χ3n) is 1.93.